The number of rotatable bonds is 5. The molecular formula is C27H30N6O5. The molecule has 3 heterocycles. The molecule has 1 aromatic carbocycles. The van der Waals surface area contributed by atoms with Crippen LogP contribution in [0.15, 0.2) is 47.3 Å². The Morgan fingerprint density at radius 3 is 2.66 bits per heavy atom. The van der Waals surface area contributed by atoms with Gasteiger partial charge in [-0.25, -0.2) is 9.78 Å². The van der Waals surface area contributed by atoms with Gasteiger partial charge in [0.1, 0.15) is 5.82 Å². The number of nitriles is 1. The summed E-state index contributed by atoms with van der Waals surface area (Å²) in [4.78, 5) is 40.3. The van der Waals surface area contributed by atoms with Gasteiger partial charge in [0.2, 0.25) is 0 Å². The van der Waals surface area contributed by atoms with Gasteiger partial charge in [0.05, 0.1) is 17.1 Å². The molecule has 1 saturated carbocycles. The molecular weight excluding hydrogens is 488 g/mol. The first-order valence-corrected chi connectivity index (χ1v) is 12.6. The molecule has 0 unspecified atom stereocenters. The highest BCUT2D eigenvalue weighted by Gasteiger charge is 2.29. The van der Waals surface area contributed by atoms with E-state index in [1.165, 1.54) is 4.90 Å². The lowest BCUT2D eigenvalue weighted by Gasteiger charge is -2.31. The lowest BCUT2D eigenvalue weighted by atomic mass is 9.94. The van der Waals surface area contributed by atoms with Crippen molar-refractivity contribution in [2.45, 2.75) is 51.1 Å². The van der Waals surface area contributed by atoms with Crippen molar-refractivity contribution in [3.8, 4) is 11.8 Å². The summed E-state index contributed by atoms with van der Waals surface area (Å²) < 4.78 is 6.91. The third-order valence-corrected chi connectivity index (χ3v) is 6.56. The topological polar surface area (TPSA) is 164 Å². The molecule has 2 aromatic heterocycles. The molecule has 5 rings (SSSR count). The molecule has 1 aliphatic heterocycles. The number of pyridine rings is 2. The van der Waals surface area contributed by atoms with Crippen molar-refractivity contribution in [2.24, 2.45) is 5.73 Å². The van der Waals surface area contributed by atoms with Gasteiger partial charge in [0.25, 0.3) is 11.5 Å². The van der Waals surface area contributed by atoms with Gasteiger partial charge in [-0.3, -0.25) is 14.5 Å². The summed E-state index contributed by atoms with van der Waals surface area (Å²) in [6, 6.07) is 14.0. The highest BCUT2D eigenvalue weighted by molar-refractivity contribution is 5.95. The van der Waals surface area contributed by atoms with E-state index in [-0.39, 0.29) is 29.9 Å². The van der Waals surface area contributed by atoms with E-state index in [0.29, 0.717) is 30.2 Å². The first-order chi connectivity index (χ1) is 18.4. The minimum Gasteiger partial charge on any atom is -0.480 e. The number of benzene rings is 1. The maximum atomic E-state index is 11.8. The smallest absolute Gasteiger partial charge is 0.413 e. The number of carbonyl (C=O) groups is 2. The Hall–Kier alpha value is -4.43. The Labute approximate surface area is 219 Å². The zero-order chi connectivity index (χ0) is 27.1. The number of carboxylic acid groups (broad SMARTS) is 1. The van der Waals surface area contributed by atoms with E-state index in [1.54, 1.807) is 41.0 Å². The summed E-state index contributed by atoms with van der Waals surface area (Å²) in [6.07, 6.45) is 4.61. The van der Waals surface area contributed by atoms with E-state index in [9.17, 15) is 19.5 Å². The molecule has 38 heavy (non-hydrogen) atoms. The number of aromatic nitrogens is 2. The minimum absolute atomic E-state index is 0.0424. The summed E-state index contributed by atoms with van der Waals surface area (Å²) in [5.74, 6) is 0.795. The van der Waals surface area contributed by atoms with Crippen LogP contribution in [0.3, 0.4) is 0 Å². The van der Waals surface area contributed by atoms with Gasteiger partial charge in [-0.2, -0.15) is 5.26 Å². The number of nitrogens with one attached hydrogen (secondary N) is 1. The second-order valence-corrected chi connectivity index (χ2v) is 9.15. The van der Waals surface area contributed by atoms with E-state index >= 15 is 0 Å². The van der Waals surface area contributed by atoms with Gasteiger partial charge in [-0.15, -0.1) is 0 Å². The van der Waals surface area contributed by atoms with Gasteiger partial charge in [0.15, 0.2) is 18.2 Å². The fraction of sp³-hybridized carbons (Fsp3) is 0.370. The van der Waals surface area contributed by atoms with Crippen molar-refractivity contribution in [3.05, 3.63) is 58.4 Å². The van der Waals surface area contributed by atoms with Crippen molar-refractivity contribution >= 4 is 34.5 Å². The largest absolute Gasteiger partial charge is 0.480 e. The summed E-state index contributed by atoms with van der Waals surface area (Å²) in [5.41, 5.74) is 6.76. The number of anilines is 2. The molecule has 11 nitrogen and oxygen atoms in total. The lowest BCUT2D eigenvalue weighted by Crippen LogP contribution is -2.41. The number of ether oxygens (including phenoxy) is 1. The first kappa shape index (κ1) is 26.6. The molecule has 0 atom stereocenters. The molecule has 11 heteroatoms. The zero-order valence-electron chi connectivity index (χ0n) is 20.9. The molecule has 0 saturated heterocycles. The maximum absolute atomic E-state index is 11.8. The van der Waals surface area contributed by atoms with E-state index in [1.807, 2.05) is 6.07 Å². The first-order valence-electron chi connectivity index (χ1n) is 12.6. The van der Waals surface area contributed by atoms with Crippen LogP contribution in [-0.2, 0) is 11.3 Å². The molecule has 4 N–H and O–H groups in total. The van der Waals surface area contributed by atoms with Gasteiger partial charge in [-0.1, -0.05) is 25.3 Å². The minimum atomic E-state index is -1.02. The molecule has 0 bridgehead atoms. The Kier molecular flexibility index (Phi) is 8.55. The standard InChI is InChI=1S/C14H17N3O4.C13H13N3O/c18-12-8-21-10-6-7-11(15-13(10)16-12)17(14(19)20)9-4-2-1-3-5-9;14-6-1-7-16-12-8-10(9-15)2-3-11(12)4-5-13(16)17/h6-7,9H,1-5,8H2,(H,19,20)(H,15,16,18);2-5,8H,1,6-7,14H2. The Balaban J connectivity index is 0.000000181. The molecule has 2 amide bonds. The third-order valence-electron chi connectivity index (χ3n) is 6.56. The van der Waals surface area contributed by atoms with Crippen LogP contribution >= 0.6 is 0 Å². The average molecular weight is 519 g/mol. The normalized spacial score (nSPS) is 14.8. The number of nitrogens with two attached hydrogens (primary N) is 1. The van der Waals surface area contributed by atoms with E-state index in [0.717, 1.165) is 49.4 Å². The van der Waals surface area contributed by atoms with E-state index in [4.69, 9.17) is 15.7 Å². The van der Waals surface area contributed by atoms with E-state index < -0.39 is 6.09 Å². The molecule has 198 valence electrons. The molecule has 0 spiro atoms. The molecule has 3 aromatic rings. The fourth-order valence-corrected chi connectivity index (χ4v) is 4.71. The van der Waals surface area contributed by atoms with Gasteiger partial charge in [-0.05, 0) is 61.5 Å². The molecule has 2 aliphatic rings. The zero-order valence-corrected chi connectivity index (χ0v) is 20.9. The number of carbonyl (C=O) groups excluding carboxylic acids is 1. The number of amides is 2. The number of nitrogens with zero attached hydrogens (tertiary/aromatic N) is 4. The lowest BCUT2D eigenvalue weighted by molar-refractivity contribution is -0.118. The number of fused-ring (bicyclic) bond motifs is 2. The SMILES string of the molecule is N#Cc1ccc2ccc(=O)n(CCCN)c2c1.O=C1COc2ccc(N(C(=O)O)C3CCCCC3)nc2N1. The Morgan fingerprint density at radius 2 is 1.95 bits per heavy atom. The van der Waals surface area contributed by atoms with Crippen molar-refractivity contribution < 1.29 is 19.4 Å². The van der Waals surface area contributed by atoms with E-state index in [2.05, 4.69) is 16.4 Å². The summed E-state index contributed by atoms with van der Waals surface area (Å²) >= 11 is 0. The predicted molar refractivity (Wildman–Crippen MR) is 142 cm³/mol. The van der Waals surface area contributed by atoms with Crippen molar-refractivity contribution in [1.29, 1.82) is 5.26 Å². The third kappa shape index (κ3) is 6.10. The number of aryl methyl sites for hydroxylation is 1. The molecule has 0 radical (unpaired) electrons. The van der Waals surface area contributed by atoms with Crippen LogP contribution in [-0.4, -0.2) is 45.9 Å². The summed E-state index contributed by atoms with van der Waals surface area (Å²) in [5, 5.41) is 21.9. The van der Waals surface area contributed by atoms with Gasteiger partial charge in [0, 0.05) is 18.7 Å². The summed E-state index contributed by atoms with van der Waals surface area (Å²) in [6.45, 7) is 1.08. The van der Waals surface area contributed by atoms with Crippen LogP contribution in [0.1, 0.15) is 44.1 Å². The van der Waals surface area contributed by atoms with Crippen molar-refractivity contribution in [2.75, 3.05) is 23.4 Å². The highest BCUT2D eigenvalue weighted by Crippen LogP contribution is 2.31. The van der Waals surface area contributed by atoms with Crippen LogP contribution in [0.2, 0.25) is 0 Å². The molecule has 1 fully saturated rings. The number of hydrogen-bond donors (Lipinski definition) is 3. The van der Waals surface area contributed by atoms with Crippen LogP contribution in [0.25, 0.3) is 10.9 Å². The Morgan fingerprint density at radius 1 is 1.18 bits per heavy atom. The van der Waals surface area contributed by atoms with Crippen molar-refractivity contribution in [1.82, 2.24) is 9.55 Å². The van der Waals surface area contributed by atoms with Crippen LogP contribution < -0.4 is 26.2 Å². The average Bonchev–Trinajstić information content (AvgIpc) is 2.93. The van der Waals surface area contributed by atoms with Crippen LogP contribution in [0, 0.1) is 11.3 Å². The fourth-order valence-electron chi connectivity index (χ4n) is 4.71. The predicted octanol–water partition coefficient (Wildman–Crippen LogP) is 3.45. The second kappa shape index (κ2) is 12.2. The highest BCUT2D eigenvalue weighted by atomic mass is 16.5. The van der Waals surface area contributed by atoms with Crippen molar-refractivity contribution in [3.63, 3.8) is 0 Å². The van der Waals surface area contributed by atoms with Gasteiger partial charge >= 0.3 is 6.09 Å². The quantitative estimate of drug-likeness (QED) is 0.462. The second-order valence-electron chi connectivity index (χ2n) is 9.15. The number of hydrogen-bond acceptors (Lipinski definition) is 7. The monoisotopic (exact) mass is 518 g/mol. The van der Waals surface area contributed by atoms with Crippen LogP contribution in [0.4, 0.5) is 16.4 Å². The van der Waals surface area contributed by atoms with Crippen LogP contribution in [0.5, 0.6) is 5.75 Å². The maximum Gasteiger partial charge on any atom is 0.413 e. The van der Waals surface area contributed by atoms with Gasteiger partial charge < -0.3 is 25.5 Å². The Bertz CT molecular complexity index is 1420. The molecule has 1 aliphatic carbocycles. The summed E-state index contributed by atoms with van der Waals surface area (Å²) in [7, 11) is 0.